The molecule has 8 heteroatoms. The highest BCUT2D eigenvalue weighted by molar-refractivity contribution is 6.02. The van der Waals surface area contributed by atoms with Gasteiger partial charge in [-0.05, 0) is 36.8 Å². The molecule has 172 valence electrons. The topological polar surface area (TPSA) is 90.5 Å². The molecule has 0 bridgehead atoms. The summed E-state index contributed by atoms with van der Waals surface area (Å²) in [7, 11) is 3.27. The van der Waals surface area contributed by atoms with Gasteiger partial charge in [-0.3, -0.25) is 9.59 Å². The van der Waals surface area contributed by atoms with Crippen LogP contribution in [0.2, 0.25) is 0 Å². The largest absolute Gasteiger partial charge is 0.388 e. The van der Waals surface area contributed by atoms with Gasteiger partial charge in [-0.25, -0.2) is 4.39 Å². The van der Waals surface area contributed by atoms with Gasteiger partial charge in [0.15, 0.2) is 0 Å². The molecule has 0 saturated carbocycles. The van der Waals surface area contributed by atoms with Gasteiger partial charge >= 0.3 is 0 Å². The van der Waals surface area contributed by atoms with Crippen molar-refractivity contribution < 1.29 is 18.8 Å². The molecule has 1 aliphatic rings. The maximum Gasteiger partial charge on any atom is 0.255 e. The molecular formula is C24H31FN4O3. The summed E-state index contributed by atoms with van der Waals surface area (Å²) in [4.78, 5) is 37.5. The van der Waals surface area contributed by atoms with E-state index in [4.69, 9.17) is 0 Å². The molecule has 0 spiro atoms. The fraction of sp³-hybridized carbons (Fsp3) is 0.375. The summed E-state index contributed by atoms with van der Waals surface area (Å²) >= 11 is 0. The molecule has 1 atom stereocenters. The van der Waals surface area contributed by atoms with Gasteiger partial charge in [-0.1, -0.05) is 19.9 Å². The predicted octanol–water partition coefficient (Wildman–Crippen LogP) is 3.56. The van der Waals surface area contributed by atoms with E-state index in [0.29, 0.717) is 16.8 Å². The molecule has 3 N–H and O–H groups in total. The van der Waals surface area contributed by atoms with Crippen molar-refractivity contribution in [2.24, 2.45) is 0 Å². The minimum atomic E-state index is -0.724. The smallest absolute Gasteiger partial charge is 0.255 e. The summed E-state index contributed by atoms with van der Waals surface area (Å²) in [6.07, 6.45) is 1.18. The molecule has 2 aromatic carbocycles. The molecule has 1 heterocycles. The van der Waals surface area contributed by atoms with E-state index in [9.17, 15) is 18.8 Å². The highest BCUT2D eigenvalue weighted by Crippen LogP contribution is 2.32. The number of aldehydes is 1. The zero-order valence-corrected chi connectivity index (χ0v) is 19.0. The van der Waals surface area contributed by atoms with Crippen LogP contribution >= 0.6 is 0 Å². The first kappa shape index (κ1) is 24.8. The first-order valence-corrected chi connectivity index (χ1v) is 10.8. The molecule has 2 amide bonds. The Labute approximate surface area is 188 Å². The van der Waals surface area contributed by atoms with Crippen molar-refractivity contribution in [2.45, 2.75) is 45.8 Å². The Morgan fingerprint density at radius 2 is 1.97 bits per heavy atom. The molecule has 0 aliphatic carbocycles. The maximum absolute atomic E-state index is 14.2. The monoisotopic (exact) mass is 442 g/mol. The minimum absolute atomic E-state index is 0.185. The van der Waals surface area contributed by atoms with Crippen molar-refractivity contribution in [3.05, 3.63) is 58.9 Å². The Hall–Kier alpha value is -3.42. The average molecular weight is 443 g/mol. The number of halogens is 1. The third-order valence-corrected chi connectivity index (χ3v) is 5.28. The van der Waals surface area contributed by atoms with Gasteiger partial charge in [0.2, 0.25) is 5.91 Å². The molecule has 3 rings (SSSR count). The van der Waals surface area contributed by atoms with Crippen LogP contribution in [-0.4, -0.2) is 43.1 Å². The van der Waals surface area contributed by atoms with E-state index >= 15 is 0 Å². The van der Waals surface area contributed by atoms with E-state index in [1.54, 1.807) is 31.3 Å². The lowest BCUT2D eigenvalue weighted by molar-refractivity contribution is -0.125. The Bertz CT molecular complexity index is 964. The van der Waals surface area contributed by atoms with Gasteiger partial charge in [-0.15, -0.1) is 0 Å². The van der Waals surface area contributed by atoms with Gasteiger partial charge in [0.05, 0.1) is 0 Å². The van der Waals surface area contributed by atoms with E-state index in [1.807, 2.05) is 19.9 Å². The summed E-state index contributed by atoms with van der Waals surface area (Å²) in [5.41, 5.74) is 3.27. The molecule has 1 aliphatic heterocycles. The molecular weight excluding hydrogens is 411 g/mol. The predicted molar refractivity (Wildman–Crippen MR) is 124 cm³/mol. The molecule has 0 aromatic heterocycles. The standard InChI is InChI=1S/C22H25FN4O3.C2H6/c1-24-15-8-9-18(23)14(11-15)12-26-19-6-3-5-16-17(19)13-27(22(16)30)20(7-4-10-28)21(29)25-2;1-2/h3,5-6,8-11,20,24,26H,4,7,12-13H2,1-2H3,(H,25,29);1-2H3. The molecule has 2 aromatic rings. The third kappa shape index (κ3) is 5.43. The Balaban J connectivity index is 0.00000176. The van der Waals surface area contributed by atoms with Crippen LogP contribution in [0.5, 0.6) is 0 Å². The van der Waals surface area contributed by atoms with Crippen LogP contribution in [0.15, 0.2) is 36.4 Å². The van der Waals surface area contributed by atoms with Gasteiger partial charge in [0.1, 0.15) is 18.1 Å². The quantitative estimate of drug-likeness (QED) is 0.517. The number of amides is 2. The summed E-state index contributed by atoms with van der Waals surface area (Å²) < 4.78 is 14.2. The zero-order chi connectivity index (χ0) is 23.7. The van der Waals surface area contributed by atoms with Crippen molar-refractivity contribution in [1.29, 1.82) is 0 Å². The number of carbonyl (C=O) groups is 3. The summed E-state index contributed by atoms with van der Waals surface area (Å²) in [6.45, 7) is 4.49. The molecule has 0 fully saturated rings. The average Bonchev–Trinajstić information content (AvgIpc) is 3.16. The van der Waals surface area contributed by atoms with Crippen molar-refractivity contribution in [2.75, 3.05) is 24.7 Å². The van der Waals surface area contributed by atoms with E-state index in [0.717, 1.165) is 17.5 Å². The Morgan fingerprint density at radius 3 is 2.62 bits per heavy atom. The molecule has 0 saturated heterocycles. The van der Waals surface area contributed by atoms with E-state index in [1.165, 1.54) is 18.0 Å². The van der Waals surface area contributed by atoms with E-state index < -0.39 is 6.04 Å². The number of rotatable bonds is 9. The van der Waals surface area contributed by atoms with Crippen molar-refractivity contribution >= 4 is 29.5 Å². The van der Waals surface area contributed by atoms with Crippen molar-refractivity contribution in [1.82, 2.24) is 10.2 Å². The maximum atomic E-state index is 14.2. The number of nitrogens with zero attached hydrogens (tertiary/aromatic N) is 1. The van der Waals surface area contributed by atoms with Crippen LogP contribution in [0.1, 0.15) is 48.2 Å². The summed E-state index contributed by atoms with van der Waals surface area (Å²) in [5.74, 6) is -0.879. The number of hydrogen-bond donors (Lipinski definition) is 3. The first-order valence-electron chi connectivity index (χ1n) is 10.8. The van der Waals surface area contributed by atoms with Gasteiger partial charge < -0.3 is 25.6 Å². The van der Waals surface area contributed by atoms with Crippen molar-refractivity contribution in [3.8, 4) is 0 Å². The normalized spacial score (nSPS) is 12.9. The lowest BCUT2D eigenvalue weighted by atomic mass is 10.1. The first-order chi connectivity index (χ1) is 15.5. The minimum Gasteiger partial charge on any atom is -0.388 e. The van der Waals surface area contributed by atoms with Crippen LogP contribution < -0.4 is 16.0 Å². The SMILES string of the molecule is CC.CNC(=O)C(CCC=O)N1Cc2c(NCc3cc(NC)ccc3F)cccc2C1=O. The number of hydrogen-bond acceptors (Lipinski definition) is 5. The highest BCUT2D eigenvalue weighted by atomic mass is 19.1. The third-order valence-electron chi connectivity index (χ3n) is 5.28. The van der Waals surface area contributed by atoms with Crippen LogP contribution in [0.4, 0.5) is 15.8 Å². The number of nitrogens with one attached hydrogen (secondary N) is 3. The second-order valence-corrected chi connectivity index (χ2v) is 7.05. The van der Waals surface area contributed by atoms with Gasteiger partial charge in [0, 0.05) is 61.7 Å². The molecule has 7 nitrogen and oxygen atoms in total. The fourth-order valence-electron chi connectivity index (χ4n) is 3.65. The van der Waals surface area contributed by atoms with E-state index in [-0.39, 0.29) is 43.6 Å². The fourth-order valence-corrected chi connectivity index (χ4v) is 3.65. The van der Waals surface area contributed by atoms with E-state index in [2.05, 4.69) is 16.0 Å². The molecule has 32 heavy (non-hydrogen) atoms. The molecule has 1 unspecified atom stereocenters. The van der Waals surface area contributed by atoms with Gasteiger partial charge in [0.25, 0.3) is 5.91 Å². The zero-order valence-electron chi connectivity index (χ0n) is 19.0. The second kappa shape index (κ2) is 11.8. The summed E-state index contributed by atoms with van der Waals surface area (Å²) in [6, 6.07) is 9.37. The lowest BCUT2D eigenvalue weighted by Crippen LogP contribution is -2.46. The summed E-state index contributed by atoms with van der Waals surface area (Å²) in [5, 5.41) is 8.76. The second-order valence-electron chi connectivity index (χ2n) is 7.05. The van der Waals surface area contributed by atoms with Crippen LogP contribution in [0.3, 0.4) is 0 Å². The molecule has 0 radical (unpaired) electrons. The Kier molecular flexibility index (Phi) is 9.19. The van der Waals surface area contributed by atoms with Crippen LogP contribution in [0.25, 0.3) is 0 Å². The number of benzene rings is 2. The van der Waals surface area contributed by atoms with Crippen LogP contribution in [0, 0.1) is 5.82 Å². The number of carbonyl (C=O) groups excluding carboxylic acids is 3. The number of fused-ring (bicyclic) bond motifs is 1. The lowest BCUT2D eigenvalue weighted by Gasteiger charge is -2.25. The van der Waals surface area contributed by atoms with Crippen LogP contribution in [-0.2, 0) is 22.7 Å². The Morgan fingerprint density at radius 1 is 1.22 bits per heavy atom. The van der Waals surface area contributed by atoms with Gasteiger partial charge in [-0.2, -0.15) is 0 Å². The number of anilines is 2. The number of likely N-dealkylation sites (N-methyl/N-ethyl adjacent to an activating group) is 1. The van der Waals surface area contributed by atoms with Crippen molar-refractivity contribution in [3.63, 3.8) is 0 Å². The highest BCUT2D eigenvalue weighted by Gasteiger charge is 2.36.